The van der Waals surface area contributed by atoms with Gasteiger partial charge in [0.25, 0.3) is 0 Å². The minimum Gasteiger partial charge on any atom is -0.207 e. The first-order valence-electron chi connectivity index (χ1n) is 4.29. The lowest BCUT2D eigenvalue weighted by Gasteiger charge is -2.01. The quantitative estimate of drug-likeness (QED) is 0.628. The van der Waals surface area contributed by atoms with Crippen molar-refractivity contribution in [2.24, 2.45) is 0 Å². The van der Waals surface area contributed by atoms with Crippen molar-refractivity contribution >= 4 is 0 Å². The molecule has 70 valence electrons. The average Bonchev–Trinajstić information content (AvgIpc) is 2.10. The van der Waals surface area contributed by atoms with Crippen molar-refractivity contribution in [3.05, 3.63) is 47.5 Å². The van der Waals surface area contributed by atoms with Crippen LogP contribution in [0.3, 0.4) is 0 Å². The van der Waals surface area contributed by atoms with Crippen molar-refractivity contribution in [2.45, 2.75) is 19.8 Å². The van der Waals surface area contributed by atoms with Crippen LogP contribution in [0, 0.1) is 11.6 Å². The van der Waals surface area contributed by atoms with E-state index >= 15 is 0 Å². The van der Waals surface area contributed by atoms with E-state index in [1.807, 2.05) is 19.1 Å². The molecule has 0 N–H and O–H groups in total. The Hall–Kier alpha value is -1.18. The lowest BCUT2D eigenvalue weighted by atomic mass is 10.1. The Morgan fingerprint density at radius 1 is 1.23 bits per heavy atom. The maximum Gasteiger partial charge on any atom is 0.129 e. The molecule has 0 amide bonds. The number of hydrogen-bond donors (Lipinski definition) is 0. The van der Waals surface area contributed by atoms with Gasteiger partial charge in [0.15, 0.2) is 0 Å². The van der Waals surface area contributed by atoms with E-state index in [4.69, 9.17) is 0 Å². The zero-order chi connectivity index (χ0) is 9.68. The van der Waals surface area contributed by atoms with Gasteiger partial charge in [-0.25, -0.2) is 8.78 Å². The molecular weight excluding hydrogens is 170 g/mol. The van der Waals surface area contributed by atoms with Gasteiger partial charge in [0.2, 0.25) is 0 Å². The Kier molecular flexibility index (Phi) is 3.62. The topological polar surface area (TPSA) is 0 Å². The lowest BCUT2D eigenvalue weighted by molar-refractivity contribution is 0.555. The summed E-state index contributed by atoms with van der Waals surface area (Å²) in [6.45, 7) is 1.89. The van der Waals surface area contributed by atoms with Crippen LogP contribution >= 0.6 is 0 Å². The molecule has 0 bridgehead atoms. The smallest absolute Gasteiger partial charge is 0.129 e. The van der Waals surface area contributed by atoms with Crippen LogP contribution < -0.4 is 0 Å². The Balaban J connectivity index is 2.75. The summed E-state index contributed by atoms with van der Waals surface area (Å²) in [6, 6.07) is 3.95. The summed E-state index contributed by atoms with van der Waals surface area (Å²) < 4.78 is 26.0. The maximum atomic E-state index is 13.0. The number of allylic oxidation sites excluding steroid dienone is 2. The molecule has 0 aliphatic carbocycles. The minimum absolute atomic E-state index is 0.181. The molecule has 0 heterocycles. The van der Waals surface area contributed by atoms with E-state index < -0.39 is 11.6 Å². The van der Waals surface area contributed by atoms with E-state index in [0.29, 0.717) is 12.8 Å². The highest BCUT2D eigenvalue weighted by molar-refractivity contribution is 5.20. The third-order valence-corrected chi connectivity index (χ3v) is 1.86. The summed E-state index contributed by atoms with van der Waals surface area (Å²) in [4.78, 5) is 0. The fourth-order valence-electron chi connectivity index (χ4n) is 1.17. The first-order chi connectivity index (χ1) is 6.25. The third-order valence-electron chi connectivity index (χ3n) is 1.86. The highest BCUT2D eigenvalue weighted by Gasteiger charge is 2.05. The normalized spacial score (nSPS) is 11.0. The van der Waals surface area contributed by atoms with Gasteiger partial charge < -0.3 is 0 Å². The Bertz CT molecular complexity index is 283. The van der Waals surface area contributed by atoms with Gasteiger partial charge in [0, 0.05) is 5.56 Å². The van der Waals surface area contributed by atoms with Gasteiger partial charge in [-0.2, -0.15) is 0 Å². The average molecular weight is 182 g/mol. The summed E-state index contributed by atoms with van der Waals surface area (Å²) in [5.74, 6) is -0.908. The summed E-state index contributed by atoms with van der Waals surface area (Å²) in [5, 5.41) is 0. The van der Waals surface area contributed by atoms with E-state index in [-0.39, 0.29) is 5.56 Å². The molecular formula is C11H12F2. The van der Waals surface area contributed by atoms with Crippen LogP contribution in [0.5, 0.6) is 0 Å². The molecule has 13 heavy (non-hydrogen) atoms. The van der Waals surface area contributed by atoms with E-state index in [0.717, 1.165) is 0 Å². The number of hydrogen-bond acceptors (Lipinski definition) is 0. The van der Waals surface area contributed by atoms with E-state index in [1.54, 1.807) is 0 Å². The molecule has 0 unspecified atom stereocenters. The van der Waals surface area contributed by atoms with Gasteiger partial charge in [-0.3, -0.25) is 0 Å². The molecule has 2 heteroatoms. The van der Waals surface area contributed by atoms with Crippen LogP contribution in [-0.2, 0) is 6.42 Å². The van der Waals surface area contributed by atoms with Crippen molar-refractivity contribution < 1.29 is 8.78 Å². The van der Waals surface area contributed by atoms with E-state index in [1.165, 1.54) is 18.2 Å². The van der Waals surface area contributed by atoms with Crippen LogP contribution in [0.1, 0.15) is 18.9 Å². The van der Waals surface area contributed by atoms with Gasteiger partial charge in [0.1, 0.15) is 11.6 Å². The van der Waals surface area contributed by atoms with Gasteiger partial charge >= 0.3 is 0 Å². The molecule has 0 radical (unpaired) electrons. The maximum absolute atomic E-state index is 13.0. The van der Waals surface area contributed by atoms with E-state index in [2.05, 4.69) is 0 Å². The summed E-state index contributed by atoms with van der Waals surface area (Å²) in [6.07, 6.45) is 4.86. The Morgan fingerprint density at radius 2 is 1.85 bits per heavy atom. The molecule has 0 atom stereocenters. The van der Waals surface area contributed by atoms with Crippen LogP contribution in [0.15, 0.2) is 30.4 Å². The van der Waals surface area contributed by atoms with E-state index in [9.17, 15) is 8.78 Å². The van der Waals surface area contributed by atoms with Gasteiger partial charge in [0.05, 0.1) is 0 Å². The zero-order valence-corrected chi connectivity index (χ0v) is 7.56. The second-order valence-corrected chi connectivity index (χ2v) is 2.81. The van der Waals surface area contributed by atoms with Gasteiger partial charge in [-0.05, 0) is 31.9 Å². The molecule has 0 fully saturated rings. The molecule has 0 spiro atoms. The van der Waals surface area contributed by atoms with Crippen molar-refractivity contribution in [2.75, 3.05) is 0 Å². The largest absolute Gasteiger partial charge is 0.207 e. The first kappa shape index (κ1) is 9.90. The molecule has 1 rings (SSSR count). The van der Waals surface area contributed by atoms with Gasteiger partial charge in [-0.15, -0.1) is 0 Å². The fraction of sp³-hybridized carbons (Fsp3) is 0.273. The SMILES string of the molecule is C/C=C\CCc1c(F)cccc1F. The van der Waals surface area contributed by atoms with Crippen molar-refractivity contribution in [3.63, 3.8) is 0 Å². The monoisotopic (exact) mass is 182 g/mol. The minimum atomic E-state index is -0.454. The van der Waals surface area contributed by atoms with Crippen LogP contribution in [0.2, 0.25) is 0 Å². The lowest BCUT2D eigenvalue weighted by Crippen LogP contribution is -1.94. The van der Waals surface area contributed by atoms with Crippen molar-refractivity contribution in [3.8, 4) is 0 Å². The first-order valence-corrected chi connectivity index (χ1v) is 4.29. The molecule has 0 aliphatic heterocycles. The predicted molar refractivity (Wildman–Crippen MR) is 49.5 cm³/mol. The highest BCUT2D eigenvalue weighted by Crippen LogP contribution is 2.13. The van der Waals surface area contributed by atoms with Crippen LogP contribution in [0.25, 0.3) is 0 Å². The van der Waals surface area contributed by atoms with Crippen LogP contribution in [-0.4, -0.2) is 0 Å². The second kappa shape index (κ2) is 4.75. The predicted octanol–water partition coefficient (Wildman–Crippen LogP) is 3.47. The summed E-state index contributed by atoms with van der Waals surface area (Å²) >= 11 is 0. The molecule has 0 aromatic heterocycles. The molecule has 0 aliphatic rings. The Morgan fingerprint density at radius 3 is 2.38 bits per heavy atom. The molecule has 1 aromatic rings. The number of rotatable bonds is 3. The molecule has 0 nitrogen and oxygen atoms in total. The molecule has 1 aromatic carbocycles. The fourth-order valence-corrected chi connectivity index (χ4v) is 1.17. The number of benzene rings is 1. The summed E-state index contributed by atoms with van der Waals surface area (Å²) in [5.41, 5.74) is 0.181. The van der Waals surface area contributed by atoms with Crippen molar-refractivity contribution in [1.82, 2.24) is 0 Å². The van der Waals surface area contributed by atoms with Crippen molar-refractivity contribution in [1.29, 1.82) is 0 Å². The van der Waals surface area contributed by atoms with Gasteiger partial charge in [-0.1, -0.05) is 18.2 Å². The standard InChI is InChI=1S/C11H12F2/c1-2-3-4-6-9-10(12)7-5-8-11(9)13/h2-3,5,7-8H,4,6H2,1H3/b3-2-. The number of halogens is 2. The third kappa shape index (κ3) is 2.65. The molecule has 0 saturated heterocycles. The zero-order valence-electron chi connectivity index (χ0n) is 7.56. The van der Waals surface area contributed by atoms with Crippen LogP contribution in [0.4, 0.5) is 8.78 Å². The second-order valence-electron chi connectivity index (χ2n) is 2.81. The highest BCUT2D eigenvalue weighted by atomic mass is 19.1. The Labute approximate surface area is 76.9 Å². The summed E-state index contributed by atoms with van der Waals surface area (Å²) in [7, 11) is 0. The molecule has 0 saturated carbocycles.